The zero-order valence-corrected chi connectivity index (χ0v) is 14.4. The number of benzene rings is 1. The van der Waals surface area contributed by atoms with Crippen LogP contribution in [0.15, 0.2) is 29.6 Å². The number of nitrogens with zero attached hydrogens (tertiary/aromatic N) is 1. The first-order valence-corrected chi connectivity index (χ1v) is 9.44. The number of hydrogen-bond donors (Lipinski definition) is 1. The zero-order valence-electron chi connectivity index (χ0n) is 12.8. The lowest BCUT2D eigenvalue weighted by molar-refractivity contribution is -0.121. The van der Waals surface area contributed by atoms with Crippen molar-refractivity contribution in [1.82, 2.24) is 10.3 Å². The molecule has 0 bridgehead atoms. The Morgan fingerprint density at radius 1 is 1.22 bits per heavy atom. The summed E-state index contributed by atoms with van der Waals surface area (Å²) in [6.45, 7) is 0. The average Bonchev–Trinajstić information content (AvgIpc) is 3.45. The van der Waals surface area contributed by atoms with Crippen LogP contribution in [-0.4, -0.2) is 16.9 Å². The monoisotopic (exact) mass is 346 g/mol. The Morgan fingerprint density at radius 2 is 1.87 bits per heavy atom. The van der Waals surface area contributed by atoms with Crippen LogP contribution in [0.4, 0.5) is 0 Å². The van der Waals surface area contributed by atoms with Crippen LogP contribution in [0.2, 0.25) is 5.02 Å². The molecule has 2 aliphatic carbocycles. The summed E-state index contributed by atoms with van der Waals surface area (Å²) in [5.74, 6) is 1.57. The highest BCUT2D eigenvalue weighted by molar-refractivity contribution is 7.10. The van der Waals surface area contributed by atoms with E-state index in [1.807, 2.05) is 29.6 Å². The third-order valence-corrected chi connectivity index (χ3v) is 5.69. The lowest BCUT2D eigenvalue weighted by Gasteiger charge is -2.17. The Labute approximate surface area is 145 Å². The molecule has 0 spiro atoms. The van der Waals surface area contributed by atoms with Gasteiger partial charge in [0.05, 0.1) is 12.1 Å². The molecule has 0 atom stereocenters. The van der Waals surface area contributed by atoms with Gasteiger partial charge < -0.3 is 5.32 Å². The molecule has 2 saturated carbocycles. The van der Waals surface area contributed by atoms with E-state index in [0.717, 1.165) is 33.1 Å². The fraction of sp³-hybridized carbons (Fsp3) is 0.444. The first-order chi connectivity index (χ1) is 11.2. The molecule has 0 unspecified atom stereocenters. The fourth-order valence-corrected chi connectivity index (χ4v) is 3.98. The van der Waals surface area contributed by atoms with Crippen molar-refractivity contribution in [3.8, 4) is 11.3 Å². The zero-order chi connectivity index (χ0) is 15.8. The maximum atomic E-state index is 12.3. The van der Waals surface area contributed by atoms with Gasteiger partial charge in [-0.05, 0) is 49.7 Å². The topological polar surface area (TPSA) is 42.0 Å². The van der Waals surface area contributed by atoms with Crippen LogP contribution in [0.5, 0.6) is 0 Å². The lowest BCUT2D eigenvalue weighted by Crippen LogP contribution is -2.38. The van der Waals surface area contributed by atoms with Crippen LogP contribution in [0.1, 0.15) is 30.7 Å². The molecule has 0 saturated heterocycles. The van der Waals surface area contributed by atoms with Crippen LogP contribution < -0.4 is 5.32 Å². The normalized spacial score (nSPS) is 17.5. The Morgan fingerprint density at radius 3 is 2.48 bits per heavy atom. The van der Waals surface area contributed by atoms with Gasteiger partial charge in [-0.2, -0.15) is 0 Å². The number of hydrogen-bond acceptors (Lipinski definition) is 3. The van der Waals surface area contributed by atoms with E-state index in [1.54, 1.807) is 11.3 Å². The second-order valence-corrected chi connectivity index (χ2v) is 7.96. The molecule has 1 N–H and O–H groups in total. The lowest BCUT2D eigenvalue weighted by atomic mass is 10.1. The highest BCUT2D eigenvalue weighted by atomic mass is 35.5. The standard InChI is InChI=1S/C18H19ClN2OS/c19-14-7-5-11(6-8-14)15-10-23-17(20-15)9-16(22)21-18(12-1-2-12)13-3-4-13/h5-8,10,12-13,18H,1-4,9H2,(H,21,22). The predicted octanol–water partition coefficient (Wildman–Crippen LogP) is 4.31. The quantitative estimate of drug-likeness (QED) is 0.846. The highest BCUT2D eigenvalue weighted by Crippen LogP contribution is 2.44. The van der Waals surface area contributed by atoms with E-state index < -0.39 is 0 Å². The molecule has 2 aliphatic rings. The smallest absolute Gasteiger partial charge is 0.227 e. The molecule has 1 aromatic heterocycles. The van der Waals surface area contributed by atoms with E-state index in [-0.39, 0.29) is 5.91 Å². The van der Waals surface area contributed by atoms with Crippen LogP contribution >= 0.6 is 22.9 Å². The third-order valence-electron chi connectivity index (χ3n) is 4.59. The van der Waals surface area contributed by atoms with Gasteiger partial charge in [0.2, 0.25) is 5.91 Å². The first-order valence-electron chi connectivity index (χ1n) is 8.19. The Balaban J connectivity index is 1.38. The van der Waals surface area contributed by atoms with Crippen LogP contribution in [0, 0.1) is 11.8 Å². The number of thiazole rings is 1. The molecule has 5 heteroatoms. The predicted molar refractivity (Wildman–Crippen MR) is 93.6 cm³/mol. The number of nitrogens with one attached hydrogen (secondary N) is 1. The number of amides is 1. The molecular weight excluding hydrogens is 328 g/mol. The summed E-state index contributed by atoms with van der Waals surface area (Å²) >= 11 is 7.46. The largest absolute Gasteiger partial charge is 0.352 e. The van der Waals surface area contributed by atoms with E-state index in [0.29, 0.717) is 12.5 Å². The van der Waals surface area contributed by atoms with Crippen molar-refractivity contribution < 1.29 is 4.79 Å². The molecular formula is C18H19ClN2OS. The SMILES string of the molecule is O=C(Cc1nc(-c2ccc(Cl)cc2)cs1)NC(C1CC1)C1CC1. The number of rotatable bonds is 6. The van der Waals surface area contributed by atoms with Crippen molar-refractivity contribution in [2.75, 3.05) is 0 Å². The van der Waals surface area contributed by atoms with Crippen molar-refractivity contribution in [3.63, 3.8) is 0 Å². The number of halogens is 1. The van der Waals surface area contributed by atoms with Gasteiger partial charge in [-0.3, -0.25) is 4.79 Å². The van der Waals surface area contributed by atoms with E-state index >= 15 is 0 Å². The van der Waals surface area contributed by atoms with Gasteiger partial charge in [-0.25, -0.2) is 4.98 Å². The van der Waals surface area contributed by atoms with Gasteiger partial charge in [0, 0.05) is 22.0 Å². The van der Waals surface area contributed by atoms with Gasteiger partial charge in [-0.1, -0.05) is 23.7 Å². The van der Waals surface area contributed by atoms with E-state index in [2.05, 4.69) is 10.3 Å². The summed E-state index contributed by atoms with van der Waals surface area (Å²) in [5.41, 5.74) is 1.95. The summed E-state index contributed by atoms with van der Waals surface area (Å²) in [7, 11) is 0. The molecule has 3 nitrogen and oxygen atoms in total. The van der Waals surface area contributed by atoms with Crippen molar-refractivity contribution in [2.45, 2.75) is 38.1 Å². The summed E-state index contributed by atoms with van der Waals surface area (Å²) in [4.78, 5) is 16.9. The van der Waals surface area contributed by atoms with Crippen LogP contribution in [-0.2, 0) is 11.2 Å². The van der Waals surface area contributed by atoms with Crippen molar-refractivity contribution in [2.24, 2.45) is 11.8 Å². The molecule has 0 aliphatic heterocycles. The number of carbonyl (C=O) groups is 1. The molecule has 1 aromatic carbocycles. The van der Waals surface area contributed by atoms with E-state index in [1.165, 1.54) is 25.7 Å². The number of aromatic nitrogens is 1. The van der Waals surface area contributed by atoms with Gasteiger partial charge in [0.15, 0.2) is 0 Å². The fourth-order valence-electron chi connectivity index (χ4n) is 3.05. The molecule has 4 rings (SSSR count). The second kappa shape index (κ2) is 6.25. The minimum absolute atomic E-state index is 0.116. The van der Waals surface area contributed by atoms with Crippen molar-refractivity contribution >= 4 is 28.8 Å². The molecule has 0 radical (unpaired) electrons. The van der Waals surface area contributed by atoms with Gasteiger partial charge in [-0.15, -0.1) is 11.3 Å². The van der Waals surface area contributed by atoms with Crippen LogP contribution in [0.3, 0.4) is 0 Å². The van der Waals surface area contributed by atoms with Gasteiger partial charge in [0.25, 0.3) is 0 Å². The first kappa shape index (κ1) is 15.2. The molecule has 23 heavy (non-hydrogen) atoms. The second-order valence-electron chi connectivity index (χ2n) is 6.58. The number of carbonyl (C=O) groups excluding carboxylic acids is 1. The van der Waals surface area contributed by atoms with E-state index in [4.69, 9.17) is 11.6 Å². The Hall–Kier alpha value is -1.39. The molecule has 1 heterocycles. The Bertz CT molecular complexity index is 692. The highest BCUT2D eigenvalue weighted by Gasteiger charge is 2.42. The Kier molecular flexibility index (Phi) is 4.12. The maximum Gasteiger partial charge on any atom is 0.227 e. The summed E-state index contributed by atoms with van der Waals surface area (Å²) < 4.78 is 0. The van der Waals surface area contributed by atoms with Crippen LogP contribution in [0.25, 0.3) is 11.3 Å². The third kappa shape index (κ3) is 3.75. The molecule has 2 aromatic rings. The average molecular weight is 347 g/mol. The minimum Gasteiger partial charge on any atom is -0.352 e. The molecule has 2 fully saturated rings. The van der Waals surface area contributed by atoms with Crippen molar-refractivity contribution in [3.05, 3.63) is 39.7 Å². The molecule has 1 amide bonds. The summed E-state index contributed by atoms with van der Waals surface area (Å²) in [5, 5.41) is 6.85. The summed E-state index contributed by atoms with van der Waals surface area (Å²) in [6.07, 6.45) is 5.49. The maximum absolute atomic E-state index is 12.3. The minimum atomic E-state index is 0.116. The summed E-state index contributed by atoms with van der Waals surface area (Å²) in [6, 6.07) is 8.05. The van der Waals surface area contributed by atoms with Gasteiger partial charge >= 0.3 is 0 Å². The van der Waals surface area contributed by atoms with E-state index in [9.17, 15) is 4.79 Å². The van der Waals surface area contributed by atoms with Gasteiger partial charge in [0.1, 0.15) is 5.01 Å². The van der Waals surface area contributed by atoms with Crippen molar-refractivity contribution in [1.29, 1.82) is 0 Å². The molecule has 120 valence electrons.